The summed E-state index contributed by atoms with van der Waals surface area (Å²) in [6, 6.07) is 9.31. The minimum atomic E-state index is -0.495. The van der Waals surface area contributed by atoms with Crippen molar-refractivity contribution in [1.82, 2.24) is 10.2 Å². The fourth-order valence-electron chi connectivity index (χ4n) is 2.32. The van der Waals surface area contributed by atoms with Crippen molar-refractivity contribution in [2.24, 2.45) is 0 Å². The van der Waals surface area contributed by atoms with Crippen LogP contribution in [0.5, 0.6) is 5.75 Å². The summed E-state index contributed by atoms with van der Waals surface area (Å²) in [6.45, 7) is 6.60. The van der Waals surface area contributed by atoms with Crippen LogP contribution in [0.3, 0.4) is 0 Å². The van der Waals surface area contributed by atoms with Gasteiger partial charge in [0.2, 0.25) is 0 Å². The maximum Gasteiger partial charge on any atom is 0.410 e. The van der Waals surface area contributed by atoms with Gasteiger partial charge in [0.15, 0.2) is 0 Å². The molecule has 1 aliphatic rings. The smallest absolute Gasteiger partial charge is 0.410 e. The highest BCUT2D eigenvalue weighted by molar-refractivity contribution is 5.69. The van der Waals surface area contributed by atoms with Crippen LogP contribution in [0.1, 0.15) is 32.4 Å². The lowest BCUT2D eigenvalue weighted by molar-refractivity contribution is 0.00475. The van der Waals surface area contributed by atoms with E-state index in [2.05, 4.69) is 11.4 Å². The van der Waals surface area contributed by atoms with E-state index in [1.54, 1.807) is 12.0 Å². The molecule has 1 aromatic carbocycles. The molecule has 1 heterocycles. The van der Waals surface area contributed by atoms with Crippen LogP contribution in [0.25, 0.3) is 0 Å². The van der Waals surface area contributed by atoms with E-state index < -0.39 is 11.6 Å². The van der Waals surface area contributed by atoms with Crippen LogP contribution in [0.2, 0.25) is 0 Å². The summed E-state index contributed by atoms with van der Waals surface area (Å²) in [5.41, 5.74) is 0.355. The third-order valence-electron chi connectivity index (χ3n) is 3.49. The Kier molecular flexibility index (Phi) is 5.12. The van der Waals surface area contributed by atoms with Gasteiger partial charge in [-0.15, -0.1) is 0 Å². The van der Waals surface area contributed by atoms with Crippen molar-refractivity contribution in [1.29, 1.82) is 5.26 Å². The number of hydrogen-bond donors (Lipinski definition) is 1. The van der Waals surface area contributed by atoms with E-state index in [4.69, 9.17) is 9.47 Å². The fourth-order valence-corrected chi connectivity index (χ4v) is 2.32. The topological polar surface area (TPSA) is 74.6 Å². The summed E-state index contributed by atoms with van der Waals surface area (Å²) < 4.78 is 10.5. The Bertz CT molecular complexity index is 598. The van der Waals surface area contributed by atoms with Gasteiger partial charge in [-0.05, 0) is 38.5 Å². The highest BCUT2D eigenvalue weighted by Gasteiger charge is 2.34. The Hall–Kier alpha value is -2.26. The lowest BCUT2D eigenvalue weighted by atomic mass is 10.0. The number of hydrogen-bond acceptors (Lipinski definition) is 5. The number of rotatable bonds is 4. The minimum Gasteiger partial charge on any atom is -0.497 e. The van der Waals surface area contributed by atoms with Gasteiger partial charge in [0, 0.05) is 19.1 Å². The zero-order chi connectivity index (χ0) is 17.0. The molecule has 0 spiro atoms. The second-order valence-corrected chi connectivity index (χ2v) is 6.59. The first-order chi connectivity index (χ1) is 10.8. The van der Waals surface area contributed by atoms with Gasteiger partial charge in [0.25, 0.3) is 0 Å². The van der Waals surface area contributed by atoms with Gasteiger partial charge < -0.3 is 14.4 Å². The van der Waals surface area contributed by atoms with E-state index in [0.717, 1.165) is 5.56 Å². The van der Waals surface area contributed by atoms with Gasteiger partial charge >= 0.3 is 6.09 Å². The first-order valence-corrected chi connectivity index (χ1v) is 7.60. The van der Waals surface area contributed by atoms with Gasteiger partial charge in [0.05, 0.1) is 13.2 Å². The lowest BCUT2D eigenvalue weighted by Gasteiger charge is -2.41. The molecule has 0 aromatic heterocycles. The average molecular weight is 317 g/mol. The van der Waals surface area contributed by atoms with Crippen molar-refractivity contribution in [3.05, 3.63) is 29.8 Å². The Balaban J connectivity index is 1.88. The van der Waals surface area contributed by atoms with Crippen molar-refractivity contribution in [3.63, 3.8) is 0 Å². The van der Waals surface area contributed by atoms with Gasteiger partial charge in [0.1, 0.15) is 17.4 Å². The van der Waals surface area contributed by atoms with Crippen molar-refractivity contribution in [2.75, 3.05) is 20.2 Å². The summed E-state index contributed by atoms with van der Waals surface area (Å²) >= 11 is 0. The largest absolute Gasteiger partial charge is 0.497 e. The molecule has 1 fully saturated rings. The molecule has 23 heavy (non-hydrogen) atoms. The summed E-state index contributed by atoms with van der Waals surface area (Å²) in [5, 5.41) is 12.6. The first-order valence-electron chi connectivity index (χ1n) is 7.60. The molecule has 1 atom stereocenters. The van der Waals surface area contributed by atoms with Crippen molar-refractivity contribution in [2.45, 2.75) is 38.5 Å². The molecule has 6 nitrogen and oxygen atoms in total. The highest BCUT2D eigenvalue weighted by atomic mass is 16.6. The lowest BCUT2D eigenvalue weighted by Crippen LogP contribution is -2.60. The third kappa shape index (κ3) is 4.60. The Labute approximate surface area is 137 Å². The number of likely N-dealkylation sites (tertiary alicyclic amines) is 1. The fraction of sp³-hybridized carbons (Fsp3) is 0.529. The maximum absolute atomic E-state index is 11.9. The second-order valence-electron chi connectivity index (χ2n) is 6.59. The SMILES string of the molecule is COc1cccc([C@@H](C#N)NC2CN(C(=O)OC(C)(C)C)C2)c1. The quantitative estimate of drug-likeness (QED) is 0.923. The van der Waals surface area contributed by atoms with E-state index in [-0.39, 0.29) is 12.1 Å². The summed E-state index contributed by atoms with van der Waals surface area (Å²) in [4.78, 5) is 13.5. The third-order valence-corrected chi connectivity index (χ3v) is 3.49. The van der Waals surface area contributed by atoms with Crippen LogP contribution in [0.15, 0.2) is 24.3 Å². The number of carbonyl (C=O) groups excluding carboxylic acids is 1. The molecule has 0 radical (unpaired) electrons. The predicted octanol–water partition coefficient (Wildman–Crippen LogP) is 2.47. The molecule has 124 valence electrons. The molecule has 0 aliphatic carbocycles. The molecule has 2 rings (SSSR count). The van der Waals surface area contributed by atoms with E-state index in [1.807, 2.05) is 45.0 Å². The van der Waals surface area contributed by atoms with Gasteiger partial charge in [-0.3, -0.25) is 5.32 Å². The van der Waals surface area contributed by atoms with Crippen molar-refractivity contribution < 1.29 is 14.3 Å². The van der Waals surface area contributed by atoms with E-state index in [0.29, 0.717) is 18.8 Å². The summed E-state index contributed by atoms with van der Waals surface area (Å²) in [5.74, 6) is 0.716. The number of nitrogens with zero attached hydrogens (tertiary/aromatic N) is 2. The van der Waals surface area contributed by atoms with Crippen LogP contribution < -0.4 is 10.1 Å². The van der Waals surface area contributed by atoms with Gasteiger partial charge in [-0.25, -0.2) is 4.79 Å². The van der Waals surface area contributed by atoms with E-state index in [9.17, 15) is 10.1 Å². The predicted molar refractivity (Wildman–Crippen MR) is 86.1 cm³/mol. The molecule has 1 aliphatic heterocycles. The Morgan fingerprint density at radius 3 is 2.70 bits per heavy atom. The monoisotopic (exact) mass is 317 g/mol. The van der Waals surface area contributed by atoms with Crippen LogP contribution in [-0.4, -0.2) is 42.8 Å². The zero-order valence-electron chi connectivity index (χ0n) is 14.0. The molecular formula is C17H23N3O3. The molecule has 0 unspecified atom stereocenters. The number of amides is 1. The molecule has 1 N–H and O–H groups in total. The molecule has 0 bridgehead atoms. The molecule has 1 saturated heterocycles. The normalized spacial score (nSPS) is 16.2. The van der Waals surface area contributed by atoms with Crippen molar-refractivity contribution in [3.8, 4) is 11.8 Å². The van der Waals surface area contributed by atoms with E-state index >= 15 is 0 Å². The molecule has 0 saturated carbocycles. The number of ether oxygens (including phenoxy) is 2. The number of methoxy groups -OCH3 is 1. The Morgan fingerprint density at radius 1 is 1.43 bits per heavy atom. The minimum absolute atomic E-state index is 0.0818. The molecule has 6 heteroatoms. The number of carbonyl (C=O) groups is 1. The number of benzene rings is 1. The van der Waals surface area contributed by atoms with Gasteiger partial charge in [-0.1, -0.05) is 12.1 Å². The van der Waals surface area contributed by atoms with Crippen LogP contribution in [0, 0.1) is 11.3 Å². The van der Waals surface area contributed by atoms with Crippen LogP contribution in [0.4, 0.5) is 4.79 Å². The molecular weight excluding hydrogens is 294 g/mol. The first kappa shape index (κ1) is 17.1. The molecule has 1 aromatic rings. The van der Waals surface area contributed by atoms with Crippen molar-refractivity contribution >= 4 is 6.09 Å². The average Bonchev–Trinajstić information content (AvgIpc) is 2.44. The number of nitrogens with one attached hydrogen (secondary N) is 1. The molecule has 1 amide bonds. The van der Waals surface area contributed by atoms with Gasteiger partial charge in [-0.2, -0.15) is 5.26 Å². The van der Waals surface area contributed by atoms with E-state index in [1.165, 1.54) is 0 Å². The zero-order valence-corrected chi connectivity index (χ0v) is 14.0. The standard InChI is InChI=1S/C17H23N3O3/c1-17(2,3)23-16(21)20-10-13(11-20)19-15(9-18)12-6-5-7-14(8-12)22-4/h5-8,13,15,19H,10-11H2,1-4H3/t15-/m1/s1. The van der Waals surface area contributed by atoms with Crippen LogP contribution in [-0.2, 0) is 4.74 Å². The summed E-state index contributed by atoms with van der Waals surface area (Å²) in [6.07, 6.45) is -0.314. The van der Waals surface area contributed by atoms with Crippen LogP contribution >= 0.6 is 0 Å². The Morgan fingerprint density at radius 2 is 2.13 bits per heavy atom. The highest BCUT2D eigenvalue weighted by Crippen LogP contribution is 2.21. The number of nitriles is 1. The summed E-state index contributed by atoms with van der Waals surface area (Å²) in [7, 11) is 1.60. The maximum atomic E-state index is 11.9. The second kappa shape index (κ2) is 6.88.